The highest BCUT2D eigenvalue weighted by Crippen LogP contribution is 2.04. The Morgan fingerprint density at radius 3 is 2.89 bits per heavy atom. The van der Waals surface area contributed by atoms with E-state index in [9.17, 15) is 0 Å². The van der Waals surface area contributed by atoms with E-state index in [1.165, 1.54) is 6.33 Å². The fourth-order valence-corrected chi connectivity index (χ4v) is 0.571. The van der Waals surface area contributed by atoms with Crippen molar-refractivity contribution in [3.63, 3.8) is 0 Å². The minimum atomic E-state index is 0.277. The predicted octanol–water partition coefficient (Wildman–Crippen LogP) is -0.0163. The fourth-order valence-electron chi connectivity index (χ4n) is 0.413. The van der Waals surface area contributed by atoms with Crippen LogP contribution >= 0.6 is 11.6 Å². The maximum atomic E-state index is 5.53. The monoisotopic (exact) mass is 144 g/mol. The zero-order chi connectivity index (χ0) is 6.69. The van der Waals surface area contributed by atoms with Crippen LogP contribution in [0.3, 0.4) is 0 Å². The predicted molar refractivity (Wildman–Crippen MR) is 32.7 cm³/mol. The second kappa shape index (κ2) is 2.70. The lowest BCUT2D eigenvalue weighted by Crippen LogP contribution is -2.02. The standard InChI is InChI=1S/C4H5ClN4/c5-4-3(1-6)9-8-2-7-4/h2H,1,6H2. The van der Waals surface area contributed by atoms with Crippen molar-refractivity contribution in [2.45, 2.75) is 6.54 Å². The Bertz CT molecular complexity index is 202. The molecule has 2 N–H and O–H groups in total. The van der Waals surface area contributed by atoms with Gasteiger partial charge in [-0.2, -0.15) is 0 Å². The van der Waals surface area contributed by atoms with Crippen molar-refractivity contribution in [2.24, 2.45) is 5.73 Å². The third-order valence-electron chi connectivity index (χ3n) is 0.833. The van der Waals surface area contributed by atoms with Gasteiger partial charge in [-0.3, -0.25) is 0 Å². The normalized spacial score (nSPS) is 9.56. The molecule has 1 aromatic rings. The molecule has 4 nitrogen and oxygen atoms in total. The molecule has 0 amide bonds. The van der Waals surface area contributed by atoms with Crippen LogP contribution in [0.1, 0.15) is 5.69 Å². The minimum absolute atomic E-state index is 0.277. The van der Waals surface area contributed by atoms with Crippen molar-refractivity contribution >= 4 is 11.6 Å². The van der Waals surface area contributed by atoms with E-state index in [0.29, 0.717) is 10.8 Å². The Morgan fingerprint density at radius 1 is 1.67 bits per heavy atom. The van der Waals surface area contributed by atoms with Crippen molar-refractivity contribution < 1.29 is 0 Å². The number of halogens is 1. The Morgan fingerprint density at radius 2 is 2.44 bits per heavy atom. The van der Waals surface area contributed by atoms with Crippen molar-refractivity contribution in [1.29, 1.82) is 0 Å². The second-order valence-corrected chi connectivity index (χ2v) is 1.76. The highest BCUT2D eigenvalue weighted by atomic mass is 35.5. The summed E-state index contributed by atoms with van der Waals surface area (Å²) in [5.74, 6) is 0. The second-order valence-electron chi connectivity index (χ2n) is 1.40. The summed E-state index contributed by atoms with van der Waals surface area (Å²) in [4.78, 5) is 3.66. The van der Waals surface area contributed by atoms with Gasteiger partial charge in [0, 0.05) is 6.54 Å². The van der Waals surface area contributed by atoms with E-state index in [0.717, 1.165) is 0 Å². The number of rotatable bonds is 1. The number of nitrogens with two attached hydrogens (primary N) is 1. The molecular weight excluding hydrogens is 140 g/mol. The lowest BCUT2D eigenvalue weighted by atomic mass is 10.5. The molecule has 48 valence electrons. The lowest BCUT2D eigenvalue weighted by Gasteiger charge is -1.92. The first-order valence-corrected chi connectivity index (χ1v) is 2.74. The Balaban J connectivity index is 3.01. The molecule has 0 aliphatic heterocycles. The first-order chi connectivity index (χ1) is 4.34. The molecule has 0 fully saturated rings. The molecule has 0 aromatic carbocycles. The Hall–Kier alpha value is -0.740. The summed E-state index contributed by atoms with van der Waals surface area (Å²) in [6.07, 6.45) is 1.28. The maximum Gasteiger partial charge on any atom is 0.155 e. The lowest BCUT2D eigenvalue weighted by molar-refractivity contribution is 0.862. The molecule has 0 aliphatic carbocycles. The number of aromatic nitrogens is 3. The van der Waals surface area contributed by atoms with Crippen LogP contribution in [-0.2, 0) is 6.54 Å². The van der Waals surface area contributed by atoms with Crippen LogP contribution < -0.4 is 5.73 Å². The summed E-state index contributed by atoms with van der Waals surface area (Å²) in [6, 6.07) is 0. The highest BCUT2D eigenvalue weighted by molar-refractivity contribution is 6.29. The fraction of sp³-hybridized carbons (Fsp3) is 0.250. The molecule has 1 heterocycles. The molecule has 9 heavy (non-hydrogen) atoms. The summed E-state index contributed by atoms with van der Waals surface area (Å²) in [5.41, 5.74) is 5.75. The van der Waals surface area contributed by atoms with Crippen molar-refractivity contribution in [3.8, 4) is 0 Å². The van der Waals surface area contributed by atoms with Gasteiger partial charge in [-0.05, 0) is 0 Å². The molecule has 1 aromatic heterocycles. The van der Waals surface area contributed by atoms with E-state index in [-0.39, 0.29) is 6.54 Å². The first kappa shape index (κ1) is 6.38. The SMILES string of the molecule is NCc1nncnc1Cl. The molecule has 1 rings (SSSR count). The summed E-state index contributed by atoms with van der Waals surface area (Å²) < 4.78 is 0. The van der Waals surface area contributed by atoms with Gasteiger partial charge in [0.05, 0.1) is 0 Å². The number of nitrogens with zero attached hydrogens (tertiary/aromatic N) is 3. The van der Waals surface area contributed by atoms with Crippen molar-refractivity contribution in [2.75, 3.05) is 0 Å². The van der Waals surface area contributed by atoms with Crippen LogP contribution in [0.2, 0.25) is 5.15 Å². The molecule has 0 unspecified atom stereocenters. The van der Waals surface area contributed by atoms with Crippen LogP contribution in [-0.4, -0.2) is 15.2 Å². The van der Waals surface area contributed by atoms with E-state index in [1.807, 2.05) is 0 Å². The molecule has 0 aliphatic rings. The third-order valence-corrected chi connectivity index (χ3v) is 1.15. The van der Waals surface area contributed by atoms with Gasteiger partial charge in [-0.15, -0.1) is 10.2 Å². The van der Waals surface area contributed by atoms with E-state index in [4.69, 9.17) is 17.3 Å². The van der Waals surface area contributed by atoms with Gasteiger partial charge in [0.25, 0.3) is 0 Å². The van der Waals surface area contributed by atoms with E-state index in [1.54, 1.807) is 0 Å². The largest absolute Gasteiger partial charge is 0.325 e. The number of hydrogen-bond acceptors (Lipinski definition) is 4. The topological polar surface area (TPSA) is 64.7 Å². The molecule has 0 saturated carbocycles. The molecular formula is C4H5ClN4. The van der Waals surface area contributed by atoms with E-state index < -0.39 is 0 Å². The zero-order valence-electron chi connectivity index (χ0n) is 4.58. The molecule has 0 bridgehead atoms. The average molecular weight is 145 g/mol. The van der Waals surface area contributed by atoms with Gasteiger partial charge >= 0.3 is 0 Å². The van der Waals surface area contributed by atoms with Crippen molar-refractivity contribution in [1.82, 2.24) is 15.2 Å². The van der Waals surface area contributed by atoms with Gasteiger partial charge in [-0.25, -0.2) is 4.98 Å². The van der Waals surface area contributed by atoms with Crippen LogP contribution in [0, 0.1) is 0 Å². The van der Waals surface area contributed by atoms with E-state index in [2.05, 4.69) is 15.2 Å². The van der Waals surface area contributed by atoms with Crippen LogP contribution in [0.25, 0.3) is 0 Å². The molecule has 0 atom stereocenters. The quantitative estimate of drug-likeness (QED) is 0.602. The van der Waals surface area contributed by atoms with Gasteiger partial charge in [-0.1, -0.05) is 11.6 Å². The van der Waals surface area contributed by atoms with E-state index >= 15 is 0 Å². The molecule has 0 radical (unpaired) electrons. The summed E-state index contributed by atoms with van der Waals surface area (Å²) in [5, 5.41) is 7.44. The maximum absolute atomic E-state index is 5.53. The average Bonchev–Trinajstić information content (AvgIpc) is 1.89. The molecule has 5 heteroatoms. The third kappa shape index (κ3) is 1.34. The van der Waals surface area contributed by atoms with Gasteiger partial charge < -0.3 is 5.73 Å². The van der Waals surface area contributed by atoms with Crippen LogP contribution in [0.5, 0.6) is 0 Å². The Kier molecular flexibility index (Phi) is 1.92. The summed E-state index contributed by atoms with van der Waals surface area (Å²) in [6.45, 7) is 0.277. The number of hydrogen-bond donors (Lipinski definition) is 1. The van der Waals surface area contributed by atoms with Crippen LogP contribution in [0.4, 0.5) is 0 Å². The summed E-state index contributed by atoms with van der Waals surface area (Å²) in [7, 11) is 0. The van der Waals surface area contributed by atoms with Gasteiger partial charge in [0.1, 0.15) is 12.0 Å². The van der Waals surface area contributed by atoms with Crippen molar-refractivity contribution in [3.05, 3.63) is 17.2 Å². The van der Waals surface area contributed by atoms with Crippen LogP contribution in [0.15, 0.2) is 6.33 Å². The highest BCUT2D eigenvalue weighted by Gasteiger charge is 1.97. The first-order valence-electron chi connectivity index (χ1n) is 2.36. The van der Waals surface area contributed by atoms with Gasteiger partial charge in [0.2, 0.25) is 0 Å². The zero-order valence-corrected chi connectivity index (χ0v) is 5.34. The molecule has 0 spiro atoms. The minimum Gasteiger partial charge on any atom is -0.325 e. The van der Waals surface area contributed by atoms with Gasteiger partial charge in [0.15, 0.2) is 5.15 Å². The molecule has 0 saturated heterocycles. The Labute approximate surface area is 57.1 Å². The smallest absolute Gasteiger partial charge is 0.155 e. The summed E-state index contributed by atoms with van der Waals surface area (Å²) >= 11 is 5.53.